The van der Waals surface area contributed by atoms with Gasteiger partial charge >= 0.3 is 5.97 Å². The van der Waals surface area contributed by atoms with E-state index in [4.69, 9.17) is 4.74 Å². The molecule has 2 fully saturated rings. The summed E-state index contributed by atoms with van der Waals surface area (Å²) in [5.74, 6) is -1.97. The summed E-state index contributed by atoms with van der Waals surface area (Å²) in [6.45, 7) is 5.48. The Labute approximate surface area is 142 Å². The van der Waals surface area contributed by atoms with Crippen molar-refractivity contribution in [3.8, 4) is 0 Å². The lowest BCUT2D eigenvalue weighted by Gasteiger charge is -2.21. The van der Waals surface area contributed by atoms with Crippen molar-refractivity contribution < 1.29 is 23.9 Å². The van der Waals surface area contributed by atoms with E-state index < -0.39 is 24.5 Å². The van der Waals surface area contributed by atoms with Crippen LogP contribution in [0.1, 0.15) is 46.5 Å². The summed E-state index contributed by atoms with van der Waals surface area (Å²) in [5, 5.41) is 2.64. The highest BCUT2D eigenvalue weighted by Crippen LogP contribution is 2.38. The summed E-state index contributed by atoms with van der Waals surface area (Å²) >= 11 is 0. The molecular weight excluding hydrogens is 312 g/mol. The molecule has 1 aliphatic heterocycles. The van der Waals surface area contributed by atoms with Crippen molar-refractivity contribution in [1.82, 2.24) is 10.2 Å². The van der Waals surface area contributed by atoms with Crippen molar-refractivity contribution in [3.63, 3.8) is 0 Å². The zero-order chi connectivity index (χ0) is 17.9. The van der Waals surface area contributed by atoms with E-state index in [1.807, 2.05) is 13.8 Å². The maximum Gasteiger partial charge on any atom is 0.329 e. The number of nitrogens with zero attached hydrogens (tertiary/aromatic N) is 1. The van der Waals surface area contributed by atoms with E-state index in [0.717, 1.165) is 17.7 Å². The number of ether oxygens (including phenoxy) is 1. The van der Waals surface area contributed by atoms with Gasteiger partial charge in [0.25, 0.3) is 5.91 Å². The van der Waals surface area contributed by atoms with Gasteiger partial charge < -0.3 is 10.1 Å². The molecule has 3 atom stereocenters. The first-order chi connectivity index (χ1) is 11.3. The smallest absolute Gasteiger partial charge is 0.329 e. The van der Waals surface area contributed by atoms with Crippen molar-refractivity contribution in [2.75, 3.05) is 13.2 Å². The maximum atomic E-state index is 12.4. The minimum Gasteiger partial charge on any atom is -0.454 e. The summed E-state index contributed by atoms with van der Waals surface area (Å²) in [6.07, 6.45) is 3.27. The van der Waals surface area contributed by atoms with E-state index in [1.54, 1.807) is 0 Å². The fourth-order valence-electron chi connectivity index (χ4n) is 3.30. The predicted octanol–water partition coefficient (Wildman–Crippen LogP) is 0.865. The van der Waals surface area contributed by atoms with Crippen LogP contribution in [0.2, 0.25) is 0 Å². The number of nitrogens with one attached hydrogen (secondary N) is 1. The average molecular weight is 338 g/mol. The van der Waals surface area contributed by atoms with Gasteiger partial charge in [0.15, 0.2) is 6.61 Å². The van der Waals surface area contributed by atoms with Crippen molar-refractivity contribution in [1.29, 1.82) is 0 Å². The molecule has 1 saturated heterocycles. The Morgan fingerprint density at radius 2 is 1.67 bits per heavy atom. The third kappa shape index (κ3) is 3.94. The molecule has 0 aromatic carbocycles. The van der Waals surface area contributed by atoms with Crippen LogP contribution in [-0.2, 0) is 23.9 Å². The molecule has 1 aliphatic carbocycles. The van der Waals surface area contributed by atoms with Gasteiger partial charge in [-0.3, -0.25) is 19.3 Å². The van der Waals surface area contributed by atoms with Crippen molar-refractivity contribution in [2.24, 2.45) is 17.8 Å². The molecule has 3 amide bonds. The molecule has 0 aromatic heterocycles. The zero-order valence-electron chi connectivity index (χ0n) is 14.5. The molecule has 1 heterocycles. The molecule has 2 rings (SSSR count). The maximum absolute atomic E-state index is 12.4. The molecule has 24 heavy (non-hydrogen) atoms. The number of carbonyl (C=O) groups excluding carboxylic acids is 4. The lowest BCUT2D eigenvalue weighted by Crippen LogP contribution is -2.45. The Morgan fingerprint density at radius 1 is 1.12 bits per heavy atom. The summed E-state index contributed by atoms with van der Waals surface area (Å²) in [6, 6.07) is -0.992. The molecule has 7 heteroatoms. The molecule has 0 unspecified atom stereocenters. The van der Waals surface area contributed by atoms with Crippen LogP contribution in [0.25, 0.3) is 0 Å². The van der Waals surface area contributed by atoms with E-state index in [9.17, 15) is 19.2 Å². The molecule has 0 radical (unpaired) electrons. The third-order valence-corrected chi connectivity index (χ3v) is 4.66. The quantitative estimate of drug-likeness (QED) is 0.573. The average Bonchev–Trinajstić information content (AvgIpc) is 2.81. The first-order valence-electron chi connectivity index (χ1n) is 8.63. The van der Waals surface area contributed by atoms with Crippen LogP contribution in [0.15, 0.2) is 0 Å². The van der Waals surface area contributed by atoms with Crippen LogP contribution >= 0.6 is 0 Å². The highest BCUT2D eigenvalue weighted by atomic mass is 16.5. The van der Waals surface area contributed by atoms with Crippen LogP contribution in [0.5, 0.6) is 0 Å². The lowest BCUT2D eigenvalue weighted by molar-refractivity contribution is -0.159. The van der Waals surface area contributed by atoms with Gasteiger partial charge in [0, 0.05) is 6.54 Å². The van der Waals surface area contributed by atoms with Crippen LogP contribution in [-0.4, -0.2) is 47.8 Å². The summed E-state index contributed by atoms with van der Waals surface area (Å²) < 4.78 is 4.96. The Balaban J connectivity index is 1.89. The van der Waals surface area contributed by atoms with Crippen LogP contribution in [0.3, 0.4) is 0 Å². The van der Waals surface area contributed by atoms with Gasteiger partial charge in [-0.1, -0.05) is 26.7 Å². The van der Waals surface area contributed by atoms with E-state index >= 15 is 0 Å². The fourth-order valence-corrected chi connectivity index (χ4v) is 3.30. The molecule has 1 N–H and O–H groups in total. The molecule has 1 saturated carbocycles. The monoisotopic (exact) mass is 338 g/mol. The van der Waals surface area contributed by atoms with Gasteiger partial charge in [-0.2, -0.15) is 0 Å². The number of fused-ring (bicyclic) bond motifs is 1. The molecule has 134 valence electrons. The topological polar surface area (TPSA) is 92.8 Å². The Hall–Kier alpha value is -1.92. The number of hydrogen-bond donors (Lipinski definition) is 1. The summed E-state index contributed by atoms with van der Waals surface area (Å²) in [7, 11) is 0. The number of likely N-dealkylation sites (tertiary alicyclic amines) is 1. The molecule has 2 aliphatic rings. The zero-order valence-corrected chi connectivity index (χ0v) is 14.5. The Morgan fingerprint density at radius 3 is 2.17 bits per heavy atom. The molecular formula is C17H26N2O5. The number of imide groups is 1. The minimum absolute atomic E-state index is 0.279. The highest BCUT2D eigenvalue weighted by Gasteiger charge is 2.51. The predicted molar refractivity (Wildman–Crippen MR) is 85.6 cm³/mol. The molecule has 0 aromatic rings. The number of esters is 1. The number of carbonyl (C=O) groups is 4. The molecule has 0 spiro atoms. The largest absolute Gasteiger partial charge is 0.454 e. The Bertz CT molecular complexity index is 507. The van der Waals surface area contributed by atoms with Gasteiger partial charge in [0.2, 0.25) is 11.8 Å². The SMILES string of the molecule is CC(C)CNC(=O)COC(=O)[C@H](C)N1C(=O)[C@H]2CCCC[C@@H]2C1=O. The van der Waals surface area contributed by atoms with E-state index in [-0.39, 0.29) is 23.7 Å². The van der Waals surface area contributed by atoms with Crippen LogP contribution < -0.4 is 5.32 Å². The normalized spacial score (nSPS) is 24.8. The van der Waals surface area contributed by atoms with E-state index in [2.05, 4.69) is 5.32 Å². The van der Waals surface area contributed by atoms with Gasteiger partial charge in [0.1, 0.15) is 6.04 Å². The first kappa shape index (κ1) is 18.4. The van der Waals surface area contributed by atoms with Crippen molar-refractivity contribution in [2.45, 2.75) is 52.5 Å². The van der Waals surface area contributed by atoms with Crippen molar-refractivity contribution in [3.05, 3.63) is 0 Å². The van der Waals surface area contributed by atoms with Gasteiger partial charge in [-0.25, -0.2) is 4.79 Å². The number of rotatable bonds is 6. The highest BCUT2D eigenvalue weighted by molar-refractivity contribution is 6.07. The summed E-state index contributed by atoms with van der Waals surface area (Å²) in [5.41, 5.74) is 0. The van der Waals surface area contributed by atoms with Crippen molar-refractivity contribution >= 4 is 23.7 Å². The molecule has 7 nitrogen and oxygen atoms in total. The fraction of sp³-hybridized carbons (Fsp3) is 0.765. The standard InChI is InChI=1S/C17H26N2O5/c1-10(2)8-18-14(20)9-24-17(23)11(3)19-15(21)12-6-4-5-7-13(12)16(19)22/h10-13H,4-9H2,1-3H3,(H,18,20)/t11-,12-,13-/m0/s1. The second-order valence-electron chi connectivity index (χ2n) is 7.03. The number of hydrogen-bond acceptors (Lipinski definition) is 5. The van der Waals surface area contributed by atoms with Crippen LogP contribution in [0.4, 0.5) is 0 Å². The lowest BCUT2D eigenvalue weighted by atomic mass is 9.81. The Kier molecular flexibility index (Phi) is 5.96. The summed E-state index contributed by atoms with van der Waals surface area (Å²) in [4.78, 5) is 49.6. The second-order valence-corrected chi connectivity index (χ2v) is 7.03. The van der Waals surface area contributed by atoms with Gasteiger partial charge in [0.05, 0.1) is 11.8 Å². The van der Waals surface area contributed by atoms with Gasteiger partial charge in [-0.15, -0.1) is 0 Å². The third-order valence-electron chi connectivity index (χ3n) is 4.66. The van der Waals surface area contributed by atoms with E-state index in [1.165, 1.54) is 6.92 Å². The molecule has 0 bridgehead atoms. The van der Waals surface area contributed by atoms with Crippen LogP contribution in [0, 0.1) is 17.8 Å². The number of amides is 3. The van der Waals surface area contributed by atoms with Gasteiger partial charge in [-0.05, 0) is 25.7 Å². The minimum atomic E-state index is -0.992. The first-order valence-corrected chi connectivity index (χ1v) is 8.63. The van der Waals surface area contributed by atoms with E-state index in [0.29, 0.717) is 25.3 Å². The second kappa shape index (κ2) is 7.77.